The average molecular weight is 409 g/mol. The van der Waals surface area contributed by atoms with Gasteiger partial charge in [-0.3, -0.25) is 15.0 Å². The summed E-state index contributed by atoms with van der Waals surface area (Å²) >= 11 is 0. The van der Waals surface area contributed by atoms with Crippen LogP contribution in [-0.2, 0) is 27.7 Å². The molecular formula is C19H28N4O4S. The zero-order valence-corrected chi connectivity index (χ0v) is 17.1. The minimum absolute atomic E-state index is 0.0757. The highest BCUT2D eigenvalue weighted by molar-refractivity contribution is 7.89. The van der Waals surface area contributed by atoms with E-state index in [1.807, 2.05) is 24.0 Å². The molecular weight excluding hydrogens is 380 g/mol. The van der Waals surface area contributed by atoms with Crippen LogP contribution in [0, 0.1) is 0 Å². The molecule has 0 bridgehead atoms. The lowest BCUT2D eigenvalue weighted by molar-refractivity contribution is -0.121. The maximum atomic E-state index is 12.9. The highest BCUT2D eigenvalue weighted by atomic mass is 32.2. The van der Waals surface area contributed by atoms with Crippen LogP contribution in [0.5, 0.6) is 0 Å². The molecule has 1 fully saturated rings. The lowest BCUT2D eigenvalue weighted by atomic mass is 10.1. The minimum Gasteiger partial charge on any atom is -0.338 e. The van der Waals surface area contributed by atoms with Crippen LogP contribution in [0.4, 0.5) is 4.79 Å². The van der Waals surface area contributed by atoms with Crippen LogP contribution in [-0.4, -0.2) is 68.8 Å². The number of benzene rings is 1. The number of piperazine rings is 1. The third-order valence-electron chi connectivity index (χ3n) is 5.19. The van der Waals surface area contributed by atoms with E-state index in [-0.39, 0.29) is 12.5 Å². The first-order chi connectivity index (χ1) is 13.4. The van der Waals surface area contributed by atoms with Gasteiger partial charge in [-0.25, -0.2) is 13.2 Å². The van der Waals surface area contributed by atoms with Crippen LogP contribution >= 0.6 is 0 Å². The van der Waals surface area contributed by atoms with E-state index in [9.17, 15) is 18.0 Å². The van der Waals surface area contributed by atoms with Gasteiger partial charge >= 0.3 is 6.03 Å². The van der Waals surface area contributed by atoms with Gasteiger partial charge in [-0.05, 0) is 48.9 Å². The number of fused-ring (bicyclic) bond motifs is 1. The number of aryl methyl sites for hydroxylation is 2. The summed E-state index contributed by atoms with van der Waals surface area (Å²) in [6.07, 6.45) is 3.83. The molecule has 1 saturated heterocycles. The molecule has 1 aliphatic carbocycles. The third kappa shape index (κ3) is 4.89. The summed E-state index contributed by atoms with van der Waals surface area (Å²) < 4.78 is 27.4. The Morgan fingerprint density at radius 1 is 1.07 bits per heavy atom. The molecule has 3 rings (SSSR count). The van der Waals surface area contributed by atoms with Gasteiger partial charge in [0.25, 0.3) is 0 Å². The highest BCUT2D eigenvalue weighted by Crippen LogP contribution is 2.26. The Bertz CT molecular complexity index is 832. The molecule has 0 atom stereocenters. The molecule has 1 aromatic carbocycles. The van der Waals surface area contributed by atoms with E-state index in [2.05, 4.69) is 10.6 Å². The zero-order chi connectivity index (χ0) is 20.1. The predicted molar refractivity (Wildman–Crippen MR) is 105 cm³/mol. The van der Waals surface area contributed by atoms with Crippen molar-refractivity contribution < 1.29 is 18.0 Å². The molecule has 1 heterocycles. The third-order valence-corrected chi connectivity index (χ3v) is 7.09. The van der Waals surface area contributed by atoms with Gasteiger partial charge in [0.15, 0.2) is 0 Å². The van der Waals surface area contributed by atoms with Gasteiger partial charge in [-0.2, -0.15) is 4.31 Å². The molecule has 2 N–H and O–H groups in total. The number of sulfonamides is 1. The Labute approximate surface area is 166 Å². The number of amides is 3. The van der Waals surface area contributed by atoms with E-state index in [1.54, 1.807) is 6.07 Å². The van der Waals surface area contributed by atoms with E-state index < -0.39 is 16.1 Å². The normalized spacial score (nSPS) is 17.9. The Hall–Kier alpha value is -1.97. The minimum atomic E-state index is -3.52. The first-order valence-electron chi connectivity index (χ1n) is 9.82. The predicted octanol–water partition coefficient (Wildman–Crippen LogP) is 0.717. The van der Waals surface area contributed by atoms with Crippen molar-refractivity contribution in [1.82, 2.24) is 19.8 Å². The fourth-order valence-corrected chi connectivity index (χ4v) is 5.11. The molecule has 3 amide bonds. The van der Waals surface area contributed by atoms with Crippen molar-refractivity contribution in [1.29, 1.82) is 0 Å². The lowest BCUT2D eigenvalue weighted by Gasteiger charge is -2.33. The van der Waals surface area contributed by atoms with Crippen molar-refractivity contribution >= 4 is 22.0 Å². The SMILES string of the molecule is CCCNC(=O)NC(=O)CN1CCN(S(=O)(=O)c2ccc3c(c2)CCC3)CC1. The number of nitrogens with one attached hydrogen (secondary N) is 2. The fraction of sp³-hybridized carbons (Fsp3) is 0.579. The van der Waals surface area contributed by atoms with Gasteiger partial charge < -0.3 is 5.32 Å². The quantitative estimate of drug-likeness (QED) is 0.723. The van der Waals surface area contributed by atoms with Crippen molar-refractivity contribution in [3.8, 4) is 0 Å². The van der Waals surface area contributed by atoms with E-state index >= 15 is 0 Å². The topological polar surface area (TPSA) is 98.8 Å². The van der Waals surface area contributed by atoms with Crippen molar-refractivity contribution in [2.45, 2.75) is 37.5 Å². The molecule has 1 aromatic rings. The molecule has 2 aliphatic rings. The summed E-state index contributed by atoms with van der Waals surface area (Å²) in [5, 5.41) is 4.88. The van der Waals surface area contributed by atoms with E-state index in [0.717, 1.165) is 31.2 Å². The van der Waals surface area contributed by atoms with Gasteiger partial charge in [0.1, 0.15) is 0 Å². The van der Waals surface area contributed by atoms with Crippen LogP contribution in [0.1, 0.15) is 30.9 Å². The van der Waals surface area contributed by atoms with Crippen LogP contribution in [0.15, 0.2) is 23.1 Å². The van der Waals surface area contributed by atoms with E-state index in [1.165, 1.54) is 9.87 Å². The smallest absolute Gasteiger partial charge is 0.321 e. The first-order valence-corrected chi connectivity index (χ1v) is 11.3. The summed E-state index contributed by atoms with van der Waals surface area (Å²) in [6.45, 7) is 4.08. The van der Waals surface area contributed by atoms with Gasteiger partial charge in [-0.15, -0.1) is 0 Å². The monoisotopic (exact) mass is 408 g/mol. The largest absolute Gasteiger partial charge is 0.338 e. The van der Waals surface area contributed by atoms with Crippen LogP contribution in [0.2, 0.25) is 0 Å². The molecule has 0 aromatic heterocycles. The Balaban J connectivity index is 1.52. The van der Waals surface area contributed by atoms with Gasteiger partial charge in [0.05, 0.1) is 11.4 Å². The number of imide groups is 1. The second kappa shape index (κ2) is 9.02. The van der Waals surface area contributed by atoms with E-state index in [0.29, 0.717) is 37.6 Å². The molecule has 0 unspecified atom stereocenters. The molecule has 8 nitrogen and oxygen atoms in total. The number of carbonyl (C=O) groups excluding carboxylic acids is 2. The summed E-state index contributed by atoms with van der Waals surface area (Å²) in [5.41, 5.74) is 2.38. The maximum absolute atomic E-state index is 12.9. The van der Waals surface area contributed by atoms with Crippen LogP contribution in [0.3, 0.4) is 0 Å². The molecule has 0 radical (unpaired) electrons. The number of urea groups is 1. The van der Waals surface area contributed by atoms with Gasteiger partial charge in [0, 0.05) is 32.7 Å². The molecule has 9 heteroatoms. The van der Waals surface area contributed by atoms with Crippen LogP contribution in [0.25, 0.3) is 0 Å². The second-order valence-corrected chi connectivity index (χ2v) is 9.21. The summed E-state index contributed by atoms with van der Waals surface area (Å²) in [6, 6.07) is 4.95. The fourth-order valence-electron chi connectivity index (χ4n) is 3.64. The van der Waals surface area contributed by atoms with Gasteiger partial charge in [0.2, 0.25) is 15.9 Å². The number of nitrogens with zero attached hydrogens (tertiary/aromatic N) is 2. The van der Waals surface area contributed by atoms with Crippen LogP contribution < -0.4 is 10.6 Å². The maximum Gasteiger partial charge on any atom is 0.321 e. The molecule has 0 spiro atoms. The van der Waals surface area contributed by atoms with Crippen molar-refractivity contribution in [3.05, 3.63) is 29.3 Å². The Morgan fingerprint density at radius 2 is 1.79 bits per heavy atom. The van der Waals surface area contributed by atoms with Gasteiger partial charge in [-0.1, -0.05) is 13.0 Å². The lowest BCUT2D eigenvalue weighted by Crippen LogP contribution is -2.52. The van der Waals surface area contributed by atoms with Crippen molar-refractivity contribution in [2.75, 3.05) is 39.3 Å². The average Bonchev–Trinajstić information content (AvgIpc) is 3.14. The zero-order valence-electron chi connectivity index (χ0n) is 16.2. The van der Waals surface area contributed by atoms with E-state index in [4.69, 9.17) is 0 Å². The second-order valence-electron chi connectivity index (χ2n) is 7.27. The number of carbonyl (C=O) groups is 2. The summed E-state index contributed by atoms with van der Waals surface area (Å²) in [4.78, 5) is 25.7. The molecule has 1 aliphatic heterocycles. The molecule has 28 heavy (non-hydrogen) atoms. The standard InChI is InChI=1S/C19H28N4O4S/c1-2-8-20-19(25)21-18(24)14-22-9-11-23(12-10-22)28(26,27)17-7-6-15-4-3-5-16(15)13-17/h6-7,13H,2-5,8-12,14H2,1H3,(H2,20,21,24,25). The van der Waals surface area contributed by atoms with Crippen molar-refractivity contribution in [2.24, 2.45) is 0 Å². The summed E-state index contributed by atoms with van der Waals surface area (Å²) in [7, 11) is -3.52. The Morgan fingerprint density at radius 3 is 2.50 bits per heavy atom. The highest BCUT2D eigenvalue weighted by Gasteiger charge is 2.30. The molecule has 154 valence electrons. The number of hydrogen-bond acceptors (Lipinski definition) is 5. The summed E-state index contributed by atoms with van der Waals surface area (Å²) in [5.74, 6) is -0.386. The molecule has 0 saturated carbocycles. The van der Waals surface area contributed by atoms with Crippen molar-refractivity contribution in [3.63, 3.8) is 0 Å². The number of rotatable bonds is 6. The Kier molecular flexibility index (Phi) is 6.69. The first kappa shape index (κ1) is 20.8. The number of hydrogen-bond donors (Lipinski definition) is 2.